The maximum absolute atomic E-state index is 13.0. The lowest BCUT2D eigenvalue weighted by atomic mass is 10.0. The lowest BCUT2D eigenvalue weighted by Crippen LogP contribution is -2.14. The second kappa shape index (κ2) is 9.70. The van der Waals surface area contributed by atoms with Gasteiger partial charge in [0.2, 0.25) is 0 Å². The molecule has 0 heterocycles. The Morgan fingerprint density at radius 3 is 2.15 bits per heavy atom. The summed E-state index contributed by atoms with van der Waals surface area (Å²) in [6.45, 7) is 4.83. The molecule has 142 valence electrons. The largest absolute Gasteiger partial charge is 0.493 e. The van der Waals surface area contributed by atoms with Gasteiger partial charge in [-0.1, -0.05) is 60.1 Å². The number of alkyl halides is 1. The van der Waals surface area contributed by atoms with Crippen LogP contribution >= 0.6 is 23.5 Å². The molecular weight excluding hydrogens is 415 g/mol. The minimum atomic E-state index is -3.43. The monoisotopic (exact) mass is 440 g/mol. The number of ether oxygens (including phenoxy) is 1. The highest BCUT2D eigenvalue weighted by molar-refractivity contribution is 9.08. The Labute approximate surface area is 164 Å². The maximum atomic E-state index is 13.0. The van der Waals surface area contributed by atoms with Gasteiger partial charge in [0.25, 0.3) is 0 Å². The summed E-state index contributed by atoms with van der Waals surface area (Å²) in [5.74, 6) is 1.07. The van der Waals surface area contributed by atoms with Crippen molar-refractivity contribution >= 4 is 28.8 Å². The average Bonchev–Trinajstić information content (AvgIpc) is 2.67. The molecule has 0 amide bonds. The van der Waals surface area contributed by atoms with E-state index in [-0.39, 0.29) is 0 Å². The molecule has 2 rings (SSSR count). The van der Waals surface area contributed by atoms with Crippen molar-refractivity contribution in [3.63, 3.8) is 0 Å². The Hall–Kier alpha value is -1.13. The first-order valence-corrected chi connectivity index (χ1v) is 11.2. The number of benzene rings is 2. The van der Waals surface area contributed by atoms with Gasteiger partial charge in [0.05, 0.1) is 6.61 Å². The van der Waals surface area contributed by atoms with Gasteiger partial charge in [-0.05, 0) is 41.2 Å². The fourth-order valence-corrected chi connectivity index (χ4v) is 4.12. The minimum absolute atomic E-state index is 0.452. The van der Waals surface area contributed by atoms with E-state index in [0.717, 1.165) is 22.9 Å². The Bertz CT molecular complexity index is 751. The first-order valence-electron chi connectivity index (χ1n) is 8.57. The van der Waals surface area contributed by atoms with Crippen molar-refractivity contribution in [1.29, 1.82) is 0 Å². The van der Waals surface area contributed by atoms with Crippen LogP contribution in [0.5, 0.6) is 5.75 Å². The van der Waals surface area contributed by atoms with Gasteiger partial charge in [0.1, 0.15) is 11.1 Å². The van der Waals surface area contributed by atoms with Gasteiger partial charge >= 0.3 is 7.60 Å². The summed E-state index contributed by atoms with van der Waals surface area (Å²) < 4.78 is 29.3. The number of hydrogen-bond acceptors (Lipinski definition) is 4. The third-order valence-electron chi connectivity index (χ3n) is 4.13. The van der Waals surface area contributed by atoms with E-state index in [1.807, 2.05) is 30.3 Å². The standard InChI is InChI=1S/C20H26BrO4P/c1-15(2)11-12-25-19-10-9-18(13-20(19)26(22,23-3)24-4)17-7-5-16(14-21)6-8-17/h5-10,13,15H,11-12,14H2,1-4H3. The molecular formula is C20H26BrO4P. The smallest absolute Gasteiger partial charge is 0.364 e. The van der Waals surface area contributed by atoms with E-state index in [1.165, 1.54) is 19.8 Å². The fourth-order valence-electron chi connectivity index (χ4n) is 2.50. The normalized spacial score (nSPS) is 11.8. The number of halogens is 1. The third-order valence-corrected chi connectivity index (χ3v) is 6.68. The molecule has 0 saturated heterocycles. The van der Waals surface area contributed by atoms with Crippen molar-refractivity contribution in [3.8, 4) is 16.9 Å². The molecule has 0 aliphatic heterocycles. The summed E-state index contributed by atoms with van der Waals surface area (Å²) in [6, 6.07) is 13.8. The fraction of sp³-hybridized carbons (Fsp3) is 0.400. The Morgan fingerprint density at radius 2 is 1.62 bits per heavy atom. The molecule has 0 aliphatic rings. The summed E-state index contributed by atoms with van der Waals surface area (Å²) in [5.41, 5.74) is 3.16. The number of hydrogen-bond donors (Lipinski definition) is 0. The molecule has 0 unspecified atom stereocenters. The van der Waals surface area contributed by atoms with E-state index >= 15 is 0 Å². The maximum Gasteiger partial charge on any atom is 0.364 e. The van der Waals surface area contributed by atoms with Crippen molar-refractivity contribution in [2.75, 3.05) is 20.8 Å². The summed E-state index contributed by atoms with van der Waals surface area (Å²) in [6.07, 6.45) is 0.916. The highest BCUT2D eigenvalue weighted by atomic mass is 79.9. The molecule has 6 heteroatoms. The Morgan fingerprint density at radius 1 is 1.00 bits per heavy atom. The van der Waals surface area contributed by atoms with Gasteiger partial charge in [0, 0.05) is 19.5 Å². The van der Waals surface area contributed by atoms with Crippen LogP contribution in [0.25, 0.3) is 11.1 Å². The molecule has 2 aromatic rings. The summed E-state index contributed by atoms with van der Waals surface area (Å²) in [7, 11) is -0.653. The highest BCUT2D eigenvalue weighted by Gasteiger charge is 2.29. The van der Waals surface area contributed by atoms with Crippen molar-refractivity contribution in [3.05, 3.63) is 48.0 Å². The first-order chi connectivity index (χ1) is 12.4. The van der Waals surface area contributed by atoms with E-state index in [2.05, 4.69) is 41.9 Å². The summed E-state index contributed by atoms with van der Waals surface area (Å²) >= 11 is 3.45. The van der Waals surface area contributed by atoms with Crippen molar-refractivity contribution in [1.82, 2.24) is 0 Å². The van der Waals surface area contributed by atoms with E-state index in [0.29, 0.717) is 23.6 Å². The van der Waals surface area contributed by atoms with E-state index in [9.17, 15) is 4.57 Å². The average molecular weight is 441 g/mol. The van der Waals surface area contributed by atoms with Crippen molar-refractivity contribution in [2.24, 2.45) is 5.92 Å². The second-order valence-electron chi connectivity index (χ2n) is 6.41. The van der Waals surface area contributed by atoms with Gasteiger partial charge < -0.3 is 13.8 Å². The Kier molecular flexibility index (Phi) is 7.90. The molecule has 0 aromatic heterocycles. The first kappa shape index (κ1) is 21.2. The van der Waals surface area contributed by atoms with Crippen LogP contribution in [0.15, 0.2) is 42.5 Å². The van der Waals surface area contributed by atoms with Gasteiger partial charge in [-0.25, -0.2) is 0 Å². The quantitative estimate of drug-likeness (QED) is 0.365. The zero-order chi connectivity index (χ0) is 19.2. The molecule has 0 N–H and O–H groups in total. The molecule has 2 aromatic carbocycles. The zero-order valence-electron chi connectivity index (χ0n) is 15.7. The topological polar surface area (TPSA) is 44.8 Å². The Balaban J connectivity index is 2.42. The van der Waals surface area contributed by atoms with E-state index in [1.54, 1.807) is 0 Å². The predicted octanol–water partition coefficient (Wildman–Crippen LogP) is 5.78. The van der Waals surface area contributed by atoms with Crippen molar-refractivity contribution in [2.45, 2.75) is 25.6 Å². The molecule has 0 radical (unpaired) electrons. The predicted molar refractivity (Wildman–Crippen MR) is 111 cm³/mol. The second-order valence-corrected chi connectivity index (χ2v) is 9.17. The molecule has 0 aliphatic carbocycles. The van der Waals surface area contributed by atoms with Gasteiger partial charge in [-0.15, -0.1) is 0 Å². The molecule has 0 saturated carbocycles. The third kappa shape index (κ3) is 5.20. The lowest BCUT2D eigenvalue weighted by Gasteiger charge is -2.19. The van der Waals surface area contributed by atoms with E-state index < -0.39 is 7.60 Å². The van der Waals surface area contributed by atoms with Crippen LogP contribution in [0.2, 0.25) is 0 Å². The molecule has 26 heavy (non-hydrogen) atoms. The van der Waals surface area contributed by atoms with Gasteiger partial charge in [-0.3, -0.25) is 4.57 Å². The van der Waals surface area contributed by atoms with Crippen LogP contribution in [-0.4, -0.2) is 20.8 Å². The van der Waals surface area contributed by atoms with E-state index in [4.69, 9.17) is 13.8 Å². The minimum Gasteiger partial charge on any atom is -0.493 e. The van der Waals surface area contributed by atoms with Crippen LogP contribution in [0, 0.1) is 5.92 Å². The lowest BCUT2D eigenvalue weighted by molar-refractivity contribution is 0.277. The van der Waals surface area contributed by atoms with Gasteiger partial charge in [0.15, 0.2) is 0 Å². The van der Waals surface area contributed by atoms with Crippen LogP contribution < -0.4 is 10.0 Å². The van der Waals surface area contributed by atoms with Crippen LogP contribution in [0.1, 0.15) is 25.8 Å². The number of rotatable bonds is 9. The molecule has 0 bridgehead atoms. The molecule has 0 atom stereocenters. The van der Waals surface area contributed by atoms with Crippen LogP contribution in [-0.2, 0) is 18.9 Å². The molecule has 0 fully saturated rings. The van der Waals surface area contributed by atoms with Crippen LogP contribution in [0.4, 0.5) is 0 Å². The van der Waals surface area contributed by atoms with Crippen molar-refractivity contribution < 1.29 is 18.3 Å². The van der Waals surface area contributed by atoms with Crippen LogP contribution in [0.3, 0.4) is 0 Å². The highest BCUT2D eigenvalue weighted by Crippen LogP contribution is 2.48. The van der Waals surface area contributed by atoms with Gasteiger partial charge in [-0.2, -0.15) is 0 Å². The summed E-state index contributed by atoms with van der Waals surface area (Å²) in [4.78, 5) is 0. The molecule has 4 nitrogen and oxygen atoms in total. The molecule has 0 spiro atoms. The zero-order valence-corrected chi connectivity index (χ0v) is 18.2. The SMILES string of the molecule is COP(=O)(OC)c1cc(-c2ccc(CBr)cc2)ccc1OCCC(C)C. The summed E-state index contributed by atoms with van der Waals surface area (Å²) in [5, 5.41) is 1.26.